The van der Waals surface area contributed by atoms with Gasteiger partial charge in [0.05, 0.1) is 0 Å². The second-order valence-corrected chi connectivity index (χ2v) is 6.50. The second kappa shape index (κ2) is 4.61. The van der Waals surface area contributed by atoms with Crippen molar-refractivity contribution in [2.24, 2.45) is 0 Å². The third-order valence-corrected chi connectivity index (χ3v) is 4.41. The molecule has 1 aromatic rings. The van der Waals surface area contributed by atoms with Crippen molar-refractivity contribution in [2.45, 2.75) is 45.2 Å². The van der Waals surface area contributed by atoms with Gasteiger partial charge in [-0.3, -0.25) is 9.69 Å². The summed E-state index contributed by atoms with van der Waals surface area (Å²) >= 11 is 0. The third-order valence-electron chi connectivity index (χ3n) is 4.41. The molecule has 0 aromatic heterocycles. The predicted octanol–water partition coefficient (Wildman–Crippen LogP) is 3.53. The van der Waals surface area contributed by atoms with E-state index in [0.717, 1.165) is 11.1 Å². The van der Waals surface area contributed by atoms with Gasteiger partial charge in [-0.05, 0) is 46.4 Å². The van der Waals surface area contributed by atoms with Crippen LogP contribution in [0.3, 0.4) is 0 Å². The topological polar surface area (TPSA) is 20.3 Å². The number of Topliss-reactive ketones (excluding diaryl/α,β-unsaturated/α-hetero) is 1. The Hall–Kier alpha value is -1.41. The molecular formula is C17H23NO. The zero-order chi connectivity index (χ0) is 14.3. The van der Waals surface area contributed by atoms with Crippen LogP contribution in [0.15, 0.2) is 35.9 Å². The minimum atomic E-state index is -0.241. The number of piperidine rings is 1. The van der Waals surface area contributed by atoms with Gasteiger partial charge in [-0.15, -0.1) is 0 Å². The molecule has 0 atom stereocenters. The van der Waals surface area contributed by atoms with Crippen LogP contribution in [-0.2, 0) is 4.79 Å². The molecular weight excluding hydrogens is 234 g/mol. The van der Waals surface area contributed by atoms with Gasteiger partial charge >= 0.3 is 0 Å². The van der Waals surface area contributed by atoms with E-state index in [9.17, 15) is 4.79 Å². The van der Waals surface area contributed by atoms with Crippen molar-refractivity contribution in [2.75, 3.05) is 7.05 Å². The van der Waals surface area contributed by atoms with E-state index in [1.165, 1.54) is 0 Å². The molecule has 0 aliphatic carbocycles. The zero-order valence-electron chi connectivity index (χ0n) is 12.5. The fourth-order valence-electron chi connectivity index (χ4n) is 2.86. The molecule has 2 heteroatoms. The monoisotopic (exact) mass is 257 g/mol. The molecule has 1 aliphatic heterocycles. The second-order valence-electron chi connectivity index (χ2n) is 6.50. The molecule has 0 bridgehead atoms. The van der Waals surface area contributed by atoms with Crippen LogP contribution in [0.2, 0.25) is 0 Å². The highest BCUT2D eigenvalue weighted by atomic mass is 16.1. The standard InChI is InChI=1S/C17H23NO/c1-16(2)12-15(19)14(17(3,4)18(16)5)11-13-9-7-6-8-10-13/h6-11H,12H2,1-5H3/b14-11-. The molecule has 0 saturated carbocycles. The molecule has 2 nitrogen and oxygen atoms in total. The maximum Gasteiger partial charge on any atom is 0.162 e. The van der Waals surface area contributed by atoms with Gasteiger partial charge in [0.15, 0.2) is 5.78 Å². The van der Waals surface area contributed by atoms with Gasteiger partial charge in [-0.1, -0.05) is 30.3 Å². The van der Waals surface area contributed by atoms with Crippen LogP contribution >= 0.6 is 0 Å². The van der Waals surface area contributed by atoms with Crippen molar-refractivity contribution in [1.82, 2.24) is 4.90 Å². The Morgan fingerprint density at radius 2 is 1.68 bits per heavy atom. The van der Waals surface area contributed by atoms with Crippen LogP contribution < -0.4 is 0 Å². The van der Waals surface area contributed by atoms with Gasteiger partial charge in [-0.2, -0.15) is 0 Å². The molecule has 2 rings (SSSR count). The normalized spacial score (nSPS) is 24.7. The number of benzene rings is 1. The average molecular weight is 257 g/mol. The molecule has 0 unspecified atom stereocenters. The molecule has 1 saturated heterocycles. The lowest BCUT2D eigenvalue weighted by molar-refractivity contribution is -0.123. The number of likely N-dealkylation sites (N-methyl/N-ethyl adjacent to an activating group) is 1. The minimum absolute atomic E-state index is 0.0887. The molecule has 0 amide bonds. The van der Waals surface area contributed by atoms with Crippen LogP contribution in [0.25, 0.3) is 6.08 Å². The Kier molecular flexibility index (Phi) is 3.40. The Bertz CT molecular complexity index is 511. The number of likely N-dealkylation sites (tertiary alicyclic amines) is 1. The van der Waals surface area contributed by atoms with E-state index in [1.807, 2.05) is 36.4 Å². The van der Waals surface area contributed by atoms with E-state index < -0.39 is 0 Å². The molecule has 102 valence electrons. The van der Waals surface area contributed by atoms with E-state index in [4.69, 9.17) is 0 Å². The Morgan fingerprint density at radius 3 is 2.26 bits per heavy atom. The lowest BCUT2D eigenvalue weighted by Crippen LogP contribution is -2.60. The van der Waals surface area contributed by atoms with Crippen LogP contribution in [0, 0.1) is 0 Å². The van der Waals surface area contributed by atoms with Crippen molar-refractivity contribution in [3.05, 3.63) is 41.5 Å². The largest absolute Gasteiger partial charge is 0.294 e. The first-order chi connectivity index (χ1) is 8.75. The van der Waals surface area contributed by atoms with Crippen molar-refractivity contribution in [3.63, 3.8) is 0 Å². The first-order valence-electron chi connectivity index (χ1n) is 6.79. The van der Waals surface area contributed by atoms with Crippen molar-refractivity contribution in [1.29, 1.82) is 0 Å². The van der Waals surface area contributed by atoms with E-state index in [-0.39, 0.29) is 16.9 Å². The van der Waals surface area contributed by atoms with Crippen LogP contribution in [-0.4, -0.2) is 28.8 Å². The first-order valence-corrected chi connectivity index (χ1v) is 6.79. The smallest absolute Gasteiger partial charge is 0.162 e. The molecule has 0 N–H and O–H groups in total. The highest BCUT2D eigenvalue weighted by molar-refractivity contribution is 6.03. The fourth-order valence-corrected chi connectivity index (χ4v) is 2.86. The SMILES string of the molecule is CN1C(C)(C)CC(=O)/C(=C/c2ccccc2)C1(C)C. The van der Waals surface area contributed by atoms with Crippen LogP contribution in [0.1, 0.15) is 39.7 Å². The highest BCUT2D eigenvalue weighted by Gasteiger charge is 2.45. The zero-order valence-corrected chi connectivity index (χ0v) is 12.5. The summed E-state index contributed by atoms with van der Waals surface area (Å²) in [5.41, 5.74) is 1.66. The Morgan fingerprint density at radius 1 is 1.11 bits per heavy atom. The Labute approximate surface area is 116 Å². The molecule has 1 aliphatic rings. The van der Waals surface area contributed by atoms with E-state index in [2.05, 4.69) is 39.6 Å². The number of nitrogens with zero attached hydrogens (tertiary/aromatic N) is 1. The van der Waals surface area contributed by atoms with Crippen molar-refractivity contribution >= 4 is 11.9 Å². The Balaban J connectivity index is 2.46. The molecule has 0 spiro atoms. The summed E-state index contributed by atoms with van der Waals surface area (Å²) in [5.74, 6) is 0.261. The van der Waals surface area contributed by atoms with E-state index >= 15 is 0 Å². The van der Waals surface area contributed by atoms with E-state index in [0.29, 0.717) is 6.42 Å². The number of carbonyl (C=O) groups excluding carboxylic acids is 1. The highest BCUT2D eigenvalue weighted by Crippen LogP contribution is 2.39. The summed E-state index contributed by atoms with van der Waals surface area (Å²) in [6, 6.07) is 10.1. The molecule has 0 radical (unpaired) electrons. The number of carbonyl (C=O) groups is 1. The van der Waals surface area contributed by atoms with Gasteiger partial charge in [0, 0.05) is 23.1 Å². The number of hydrogen-bond donors (Lipinski definition) is 0. The quantitative estimate of drug-likeness (QED) is 0.717. The summed E-state index contributed by atoms with van der Waals surface area (Å²) < 4.78 is 0. The average Bonchev–Trinajstić information content (AvgIpc) is 2.34. The van der Waals surface area contributed by atoms with Gasteiger partial charge < -0.3 is 0 Å². The summed E-state index contributed by atoms with van der Waals surface area (Å²) in [4.78, 5) is 14.8. The van der Waals surface area contributed by atoms with Crippen LogP contribution in [0.4, 0.5) is 0 Å². The summed E-state index contributed by atoms with van der Waals surface area (Å²) in [6.07, 6.45) is 2.61. The molecule has 1 aromatic carbocycles. The predicted molar refractivity (Wildman–Crippen MR) is 80.0 cm³/mol. The molecule has 1 fully saturated rings. The number of rotatable bonds is 1. The first kappa shape index (κ1) is 14.0. The van der Waals surface area contributed by atoms with Gasteiger partial charge in [-0.25, -0.2) is 0 Å². The van der Waals surface area contributed by atoms with Crippen molar-refractivity contribution < 1.29 is 4.79 Å². The van der Waals surface area contributed by atoms with E-state index in [1.54, 1.807) is 0 Å². The van der Waals surface area contributed by atoms with Gasteiger partial charge in [0.1, 0.15) is 0 Å². The summed E-state index contributed by atoms with van der Waals surface area (Å²) in [6.45, 7) is 8.51. The lowest BCUT2D eigenvalue weighted by atomic mass is 9.75. The summed E-state index contributed by atoms with van der Waals surface area (Å²) in [5, 5.41) is 0. The fraction of sp³-hybridized carbons (Fsp3) is 0.471. The third kappa shape index (κ3) is 2.50. The lowest BCUT2D eigenvalue weighted by Gasteiger charge is -2.51. The van der Waals surface area contributed by atoms with Gasteiger partial charge in [0.25, 0.3) is 0 Å². The maximum atomic E-state index is 12.5. The maximum absolute atomic E-state index is 12.5. The number of ketones is 1. The van der Waals surface area contributed by atoms with Gasteiger partial charge in [0.2, 0.25) is 0 Å². The van der Waals surface area contributed by atoms with Crippen molar-refractivity contribution in [3.8, 4) is 0 Å². The molecule has 1 heterocycles. The summed E-state index contributed by atoms with van der Waals surface area (Å²) in [7, 11) is 2.10. The molecule has 19 heavy (non-hydrogen) atoms. The minimum Gasteiger partial charge on any atom is -0.294 e. The number of hydrogen-bond acceptors (Lipinski definition) is 2. The van der Waals surface area contributed by atoms with Crippen LogP contribution in [0.5, 0.6) is 0 Å².